The second kappa shape index (κ2) is 4.80. The minimum absolute atomic E-state index is 0.185. The van der Waals surface area contributed by atoms with Gasteiger partial charge in [-0.2, -0.15) is 13.5 Å². The van der Waals surface area contributed by atoms with Crippen molar-refractivity contribution >= 4 is 27.3 Å². The van der Waals surface area contributed by atoms with E-state index in [9.17, 15) is 8.42 Å². The van der Waals surface area contributed by atoms with Crippen molar-refractivity contribution in [3.8, 4) is 0 Å². The highest BCUT2D eigenvalue weighted by Crippen LogP contribution is 2.42. The summed E-state index contributed by atoms with van der Waals surface area (Å²) in [4.78, 5) is 2.52. The number of fused-ring (bicyclic) bond motifs is 2. The topological polar surface area (TPSA) is 58.5 Å². The van der Waals surface area contributed by atoms with Crippen LogP contribution in [0.3, 0.4) is 0 Å². The molecule has 0 spiro atoms. The van der Waals surface area contributed by atoms with Crippen LogP contribution in [0.25, 0.3) is 0 Å². The molecule has 3 rings (SSSR count). The van der Waals surface area contributed by atoms with Gasteiger partial charge in [-0.25, -0.2) is 4.83 Å². The Balaban J connectivity index is 1.75. The molecule has 102 valence electrons. The number of hydrogen-bond acceptors (Lipinski definition) is 3. The number of benzene rings is 1. The van der Waals surface area contributed by atoms with Crippen molar-refractivity contribution in [3.63, 3.8) is 0 Å². The third-order valence-electron chi connectivity index (χ3n) is 3.94. The summed E-state index contributed by atoms with van der Waals surface area (Å²) >= 11 is 5.74. The smallest absolute Gasteiger partial charge is 0.200 e. The fourth-order valence-corrected chi connectivity index (χ4v) is 3.91. The molecule has 19 heavy (non-hydrogen) atoms. The van der Waals surface area contributed by atoms with Crippen LogP contribution in [0.2, 0.25) is 5.02 Å². The predicted octanol–water partition coefficient (Wildman–Crippen LogP) is 2.79. The average molecular weight is 299 g/mol. The maximum atomic E-state index is 12.0. The van der Waals surface area contributed by atoms with Crippen LogP contribution in [-0.4, -0.2) is 14.1 Å². The second-order valence-corrected chi connectivity index (χ2v) is 7.33. The van der Waals surface area contributed by atoms with E-state index in [1.54, 1.807) is 12.1 Å². The number of hydrogen-bond donors (Lipinski definition) is 1. The van der Waals surface area contributed by atoms with Gasteiger partial charge in [0.25, 0.3) is 10.0 Å². The van der Waals surface area contributed by atoms with Gasteiger partial charge in [-0.1, -0.05) is 11.6 Å². The van der Waals surface area contributed by atoms with Gasteiger partial charge in [-0.05, 0) is 61.8 Å². The SMILES string of the molecule is O=S(=O)(NN=C1CC2CCC1C2)c1ccc(Cl)cc1. The molecule has 1 N–H and O–H groups in total. The van der Waals surface area contributed by atoms with E-state index >= 15 is 0 Å². The summed E-state index contributed by atoms with van der Waals surface area (Å²) in [6, 6.07) is 6.07. The Hall–Kier alpha value is -1.07. The third-order valence-corrected chi connectivity index (χ3v) is 5.42. The van der Waals surface area contributed by atoms with Crippen molar-refractivity contribution < 1.29 is 8.42 Å². The molecule has 0 amide bonds. The first-order chi connectivity index (χ1) is 9.04. The minimum atomic E-state index is -3.58. The molecule has 0 aliphatic heterocycles. The van der Waals surface area contributed by atoms with Crippen molar-refractivity contribution in [2.24, 2.45) is 16.9 Å². The molecule has 0 aromatic heterocycles. The van der Waals surface area contributed by atoms with E-state index in [0.29, 0.717) is 16.9 Å². The molecule has 2 unspecified atom stereocenters. The summed E-state index contributed by atoms with van der Waals surface area (Å²) < 4.78 is 24.1. The standard InChI is InChI=1S/C13H15ClN2O2S/c14-11-3-5-12(6-4-11)19(17,18)16-15-13-8-9-1-2-10(13)7-9/h3-6,9-10,16H,1-2,7-8H2. The van der Waals surface area contributed by atoms with E-state index in [4.69, 9.17) is 11.6 Å². The molecule has 2 fully saturated rings. The first-order valence-electron chi connectivity index (χ1n) is 6.38. The van der Waals surface area contributed by atoms with Crippen molar-refractivity contribution in [2.75, 3.05) is 0 Å². The van der Waals surface area contributed by atoms with Crippen LogP contribution in [0.1, 0.15) is 25.7 Å². The molecule has 2 aliphatic rings. The number of nitrogens with zero attached hydrogens (tertiary/aromatic N) is 1. The largest absolute Gasteiger partial charge is 0.276 e. The fourth-order valence-electron chi connectivity index (χ4n) is 2.95. The van der Waals surface area contributed by atoms with Crippen LogP contribution in [0, 0.1) is 11.8 Å². The van der Waals surface area contributed by atoms with Crippen molar-refractivity contribution in [2.45, 2.75) is 30.6 Å². The third kappa shape index (κ3) is 2.62. The summed E-state index contributed by atoms with van der Waals surface area (Å²) in [5.41, 5.74) is 1.01. The Kier molecular flexibility index (Phi) is 3.27. The van der Waals surface area contributed by atoms with Crippen LogP contribution in [-0.2, 0) is 10.0 Å². The van der Waals surface area contributed by atoms with Gasteiger partial charge < -0.3 is 0 Å². The number of sulfonamides is 1. The molecule has 0 heterocycles. The summed E-state index contributed by atoms with van der Waals surface area (Å²) in [6.45, 7) is 0. The Labute approximate surface area is 117 Å². The van der Waals surface area contributed by atoms with Gasteiger partial charge in [0.2, 0.25) is 0 Å². The summed E-state index contributed by atoms with van der Waals surface area (Å²) in [7, 11) is -3.58. The van der Waals surface area contributed by atoms with Gasteiger partial charge >= 0.3 is 0 Å². The first kappa shape index (κ1) is 12.9. The zero-order chi connectivity index (χ0) is 13.5. The van der Waals surface area contributed by atoms with Gasteiger partial charge in [0, 0.05) is 10.7 Å². The zero-order valence-corrected chi connectivity index (χ0v) is 11.9. The molecular weight excluding hydrogens is 284 g/mol. The fraction of sp³-hybridized carbons (Fsp3) is 0.462. The van der Waals surface area contributed by atoms with Crippen molar-refractivity contribution in [3.05, 3.63) is 29.3 Å². The lowest BCUT2D eigenvalue weighted by molar-refractivity contribution is 0.579. The Morgan fingerprint density at radius 1 is 1.21 bits per heavy atom. The van der Waals surface area contributed by atoms with Crippen molar-refractivity contribution in [1.29, 1.82) is 0 Å². The molecule has 2 bridgehead atoms. The van der Waals surface area contributed by atoms with E-state index in [1.165, 1.54) is 25.0 Å². The lowest BCUT2D eigenvalue weighted by Crippen LogP contribution is -2.22. The van der Waals surface area contributed by atoms with Crippen LogP contribution >= 0.6 is 11.6 Å². The molecule has 0 saturated heterocycles. The van der Waals surface area contributed by atoms with Gasteiger partial charge in [-0.3, -0.25) is 0 Å². The van der Waals surface area contributed by atoms with Gasteiger partial charge in [0.15, 0.2) is 0 Å². The van der Waals surface area contributed by atoms with E-state index < -0.39 is 10.0 Å². The van der Waals surface area contributed by atoms with Crippen LogP contribution in [0.15, 0.2) is 34.3 Å². The zero-order valence-electron chi connectivity index (χ0n) is 10.3. The molecule has 2 aliphatic carbocycles. The molecule has 6 heteroatoms. The number of nitrogens with one attached hydrogen (secondary N) is 1. The molecular formula is C13H15ClN2O2S. The molecule has 2 saturated carbocycles. The summed E-state index contributed by atoms with van der Waals surface area (Å²) in [6.07, 6.45) is 4.51. The van der Waals surface area contributed by atoms with Crippen molar-refractivity contribution in [1.82, 2.24) is 4.83 Å². The summed E-state index contributed by atoms with van der Waals surface area (Å²) in [5.74, 6) is 1.20. The van der Waals surface area contributed by atoms with Crippen LogP contribution in [0.4, 0.5) is 0 Å². The maximum Gasteiger partial charge on any atom is 0.276 e. The Morgan fingerprint density at radius 3 is 2.53 bits per heavy atom. The monoisotopic (exact) mass is 298 g/mol. The average Bonchev–Trinajstić information content (AvgIpc) is 2.99. The Morgan fingerprint density at radius 2 is 1.95 bits per heavy atom. The molecule has 1 aromatic rings. The van der Waals surface area contributed by atoms with Gasteiger partial charge in [0.1, 0.15) is 0 Å². The number of halogens is 1. The van der Waals surface area contributed by atoms with E-state index in [2.05, 4.69) is 9.93 Å². The molecule has 2 atom stereocenters. The van der Waals surface area contributed by atoms with Crippen LogP contribution < -0.4 is 4.83 Å². The minimum Gasteiger partial charge on any atom is -0.200 e. The lowest BCUT2D eigenvalue weighted by Gasteiger charge is -2.12. The highest BCUT2D eigenvalue weighted by molar-refractivity contribution is 7.89. The number of rotatable bonds is 3. The van der Waals surface area contributed by atoms with Gasteiger partial charge in [-0.15, -0.1) is 0 Å². The molecule has 0 radical (unpaired) electrons. The first-order valence-corrected chi connectivity index (χ1v) is 8.24. The lowest BCUT2D eigenvalue weighted by atomic mass is 9.99. The highest BCUT2D eigenvalue weighted by Gasteiger charge is 2.36. The molecule has 1 aromatic carbocycles. The van der Waals surface area contributed by atoms with E-state index in [0.717, 1.165) is 18.6 Å². The molecule has 4 nitrogen and oxygen atoms in total. The quantitative estimate of drug-likeness (QED) is 0.872. The second-order valence-electron chi connectivity index (χ2n) is 5.23. The normalized spacial score (nSPS) is 27.9. The van der Waals surface area contributed by atoms with Gasteiger partial charge in [0.05, 0.1) is 4.90 Å². The number of hydrazone groups is 1. The van der Waals surface area contributed by atoms with E-state index in [-0.39, 0.29) is 4.90 Å². The highest BCUT2D eigenvalue weighted by atomic mass is 35.5. The van der Waals surface area contributed by atoms with E-state index in [1.807, 2.05) is 0 Å². The predicted molar refractivity (Wildman–Crippen MR) is 74.7 cm³/mol. The maximum absolute atomic E-state index is 12.0. The Bertz CT molecular complexity index is 610. The van der Waals surface area contributed by atoms with Crippen LogP contribution in [0.5, 0.6) is 0 Å². The summed E-state index contributed by atoms with van der Waals surface area (Å²) in [5, 5.41) is 4.63.